The summed E-state index contributed by atoms with van der Waals surface area (Å²) in [6, 6.07) is 6.47. The van der Waals surface area contributed by atoms with Crippen molar-refractivity contribution in [3.8, 4) is 5.75 Å². The number of carbonyl (C=O) groups is 3. The van der Waals surface area contributed by atoms with Crippen LogP contribution in [0.2, 0.25) is 5.02 Å². The van der Waals surface area contributed by atoms with E-state index in [0.29, 0.717) is 10.8 Å². The topological polar surface area (TPSA) is 90.9 Å². The fraction of sp³-hybridized carbons (Fsp3) is 0.308. The first-order chi connectivity index (χ1) is 9.92. The third kappa shape index (κ3) is 6.13. The van der Waals surface area contributed by atoms with Crippen LogP contribution in [0, 0.1) is 0 Å². The third-order valence-corrected chi connectivity index (χ3v) is 2.48. The minimum Gasteiger partial charge on any atom is -0.482 e. The Hall–Kier alpha value is -2.28. The van der Waals surface area contributed by atoms with E-state index < -0.39 is 30.7 Å². The zero-order chi connectivity index (χ0) is 15.8. The Morgan fingerprint density at radius 2 is 2.05 bits per heavy atom. The summed E-state index contributed by atoms with van der Waals surface area (Å²) < 4.78 is 14.2. The molecule has 0 radical (unpaired) electrons. The van der Waals surface area contributed by atoms with E-state index in [0.717, 1.165) is 7.11 Å². The van der Waals surface area contributed by atoms with Crippen LogP contribution in [0.5, 0.6) is 5.75 Å². The maximum atomic E-state index is 11.5. The number of hydrogen-bond acceptors (Lipinski definition) is 6. The molecule has 7 nitrogen and oxygen atoms in total. The molecule has 0 saturated carbocycles. The standard InChI is InChI=1S/C13H14ClNO6/c1-8(12(17)15-13(18)19-2)21-11(16)7-20-10-5-3-4-9(14)6-10/h3-6,8H,7H2,1-2H3,(H,15,17,18)/t8-/m0/s1. The molecule has 1 atom stereocenters. The highest BCUT2D eigenvalue weighted by Gasteiger charge is 2.20. The van der Waals surface area contributed by atoms with E-state index in [9.17, 15) is 14.4 Å². The molecule has 0 aliphatic carbocycles. The number of carbonyl (C=O) groups excluding carboxylic acids is 3. The monoisotopic (exact) mass is 315 g/mol. The van der Waals surface area contributed by atoms with Gasteiger partial charge in [0.05, 0.1) is 7.11 Å². The van der Waals surface area contributed by atoms with Gasteiger partial charge < -0.3 is 14.2 Å². The normalized spacial score (nSPS) is 11.2. The number of alkyl carbamates (subject to hydrolysis) is 1. The van der Waals surface area contributed by atoms with Crippen LogP contribution >= 0.6 is 11.6 Å². The Labute approximate surface area is 126 Å². The number of esters is 1. The van der Waals surface area contributed by atoms with Crippen molar-refractivity contribution < 1.29 is 28.6 Å². The van der Waals surface area contributed by atoms with E-state index in [1.807, 2.05) is 5.32 Å². The van der Waals surface area contributed by atoms with Gasteiger partial charge in [0.2, 0.25) is 0 Å². The van der Waals surface area contributed by atoms with Gasteiger partial charge >= 0.3 is 12.1 Å². The van der Waals surface area contributed by atoms with Gasteiger partial charge in [-0.15, -0.1) is 0 Å². The maximum Gasteiger partial charge on any atom is 0.413 e. The molecule has 2 amide bonds. The van der Waals surface area contributed by atoms with E-state index >= 15 is 0 Å². The molecule has 1 aromatic rings. The first-order valence-electron chi connectivity index (χ1n) is 5.89. The van der Waals surface area contributed by atoms with Crippen LogP contribution < -0.4 is 10.1 Å². The predicted molar refractivity (Wildman–Crippen MR) is 73.0 cm³/mol. The van der Waals surface area contributed by atoms with Gasteiger partial charge in [-0.05, 0) is 25.1 Å². The van der Waals surface area contributed by atoms with Gasteiger partial charge in [-0.1, -0.05) is 17.7 Å². The van der Waals surface area contributed by atoms with Gasteiger partial charge in [0, 0.05) is 5.02 Å². The third-order valence-electron chi connectivity index (χ3n) is 2.24. The lowest BCUT2D eigenvalue weighted by atomic mass is 10.3. The number of imide groups is 1. The first-order valence-corrected chi connectivity index (χ1v) is 6.27. The Morgan fingerprint density at radius 1 is 1.33 bits per heavy atom. The van der Waals surface area contributed by atoms with Gasteiger partial charge in [0.15, 0.2) is 12.7 Å². The minimum atomic E-state index is -1.15. The second kappa shape index (κ2) is 8.11. The number of amides is 2. The number of methoxy groups -OCH3 is 1. The summed E-state index contributed by atoms with van der Waals surface area (Å²) in [6.07, 6.45) is -2.09. The SMILES string of the molecule is COC(=O)NC(=O)[C@H](C)OC(=O)COc1cccc(Cl)c1. The maximum absolute atomic E-state index is 11.5. The number of benzene rings is 1. The van der Waals surface area contributed by atoms with Gasteiger partial charge in [-0.2, -0.15) is 0 Å². The second-order valence-corrected chi connectivity index (χ2v) is 4.30. The average Bonchev–Trinajstić information content (AvgIpc) is 2.45. The fourth-order valence-electron chi connectivity index (χ4n) is 1.24. The van der Waals surface area contributed by atoms with Gasteiger partial charge in [0.1, 0.15) is 5.75 Å². The molecule has 0 saturated heterocycles. The van der Waals surface area contributed by atoms with E-state index in [2.05, 4.69) is 4.74 Å². The summed E-state index contributed by atoms with van der Waals surface area (Å²) in [5.41, 5.74) is 0. The van der Waals surface area contributed by atoms with Crippen LogP contribution in [-0.2, 0) is 19.1 Å². The fourth-order valence-corrected chi connectivity index (χ4v) is 1.42. The van der Waals surface area contributed by atoms with Crippen LogP contribution in [0.3, 0.4) is 0 Å². The molecular formula is C13H14ClNO6. The van der Waals surface area contributed by atoms with Crippen molar-refractivity contribution in [3.05, 3.63) is 29.3 Å². The van der Waals surface area contributed by atoms with Crippen LogP contribution in [-0.4, -0.2) is 37.8 Å². The molecule has 0 heterocycles. The molecule has 8 heteroatoms. The van der Waals surface area contributed by atoms with Crippen molar-refractivity contribution in [2.45, 2.75) is 13.0 Å². The van der Waals surface area contributed by atoms with E-state index in [1.165, 1.54) is 13.0 Å². The number of hydrogen-bond donors (Lipinski definition) is 1. The van der Waals surface area contributed by atoms with Crippen molar-refractivity contribution in [1.82, 2.24) is 5.32 Å². The van der Waals surface area contributed by atoms with Crippen LogP contribution in [0.15, 0.2) is 24.3 Å². The number of halogens is 1. The zero-order valence-electron chi connectivity index (χ0n) is 11.4. The largest absolute Gasteiger partial charge is 0.482 e. The summed E-state index contributed by atoms with van der Waals surface area (Å²) in [6.45, 7) is 0.922. The molecule has 1 N–H and O–H groups in total. The van der Waals surface area contributed by atoms with Crippen LogP contribution in [0.25, 0.3) is 0 Å². The highest BCUT2D eigenvalue weighted by molar-refractivity contribution is 6.30. The molecule has 0 bridgehead atoms. The lowest BCUT2D eigenvalue weighted by Gasteiger charge is -2.12. The van der Waals surface area contributed by atoms with Gasteiger partial charge in [-0.3, -0.25) is 10.1 Å². The van der Waals surface area contributed by atoms with Crippen LogP contribution in [0.1, 0.15) is 6.92 Å². The zero-order valence-corrected chi connectivity index (χ0v) is 12.2. The molecule has 0 aliphatic heterocycles. The smallest absolute Gasteiger partial charge is 0.413 e. The summed E-state index contributed by atoms with van der Waals surface area (Å²) in [7, 11) is 1.11. The van der Waals surface area contributed by atoms with E-state index in [4.69, 9.17) is 21.1 Å². The highest BCUT2D eigenvalue weighted by Crippen LogP contribution is 2.16. The second-order valence-electron chi connectivity index (χ2n) is 3.86. The molecule has 1 rings (SSSR count). The number of ether oxygens (including phenoxy) is 3. The molecule has 114 valence electrons. The van der Waals surface area contributed by atoms with Crippen molar-refractivity contribution >= 4 is 29.6 Å². The molecule has 1 aromatic carbocycles. The molecule has 0 unspecified atom stereocenters. The number of nitrogens with one attached hydrogen (secondary N) is 1. The Morgan fingerprint density at radius 3 is 2.67 bits per heavy atom. The van der Waals surface area contributed by atoms with Crippen molar-refractivity contribution in [2.75, 3.05) is 13.7 Å². The quantitative estimate of drug-likeness (QED) is 0.829. The first kappa shape index (κ1) is 16.8. The lowest BCUT2D eigenvalue weighted by Crippen LogP contribution is -2.40. The summed E-state index contributed by atoms with van der Waals surface area (Å²) >= 11 is 5.76. The molecule has 0 spiro atoms. The summed E-state index contributed by atoms with van der Waals surface area (Å²) in [5, 5.41) is 2.34. The van der Waals surface area contributed by atoms with Crippen molar-refractivity contribution in [1.29, 1.82) is 0 Å². The Kier molecular flexibility index (Phi) is 6.48. The highest BCUT2D eigenvalue weighted by atomic mass is 35.5. The van der Waals surface area contributed by atoms with Gasteiger partial charge in [-0.25, -0.2) is 9.59 Å². The molecule has 0 fully saturated rings. The lowest BCUT2D eigenvalue weighted by molar-refractivity contribution is -0.156. The number of rotatable bonds is 5. The molecule has 0 aromatic heterocycles. The molecule has 0 aliphatic rings. The minimum absolute atomic E-state index is 0.393. The summed E-state index contributed by atoms with van der Waals surface area (Å²) in [4.78, 5) is 33.7. The van der Waals surface area contributed by atoms with Crippen LogP contribution in [0.4, 0.5) is 4.79 Å². The Bertz CT molecular complexity index is 533. The molecular weight excluding hydrogens is 302 g/mol. The van der Waals surface area contributed by atoms with E-state index in [1.54, 1.807) is 18.2 Å². The summed E-state index contributed by atoms with van der Waals surface area (Å²) in [5.74, 6) is -1.16. The molecule has 21 heavy (non-hydrogen) atoms. The van der Waals surface area contributed by atoms with E-state index in [-0.39, 0.29) is 0 Å². The average molecular weight is 316 g/mol. The van der Waals surface area contributed by atoms with Gasteiger partial charge in [0.25, 0.3) is 5.91 Å². The van der Waals surface area contributed by atoms with Crippen molar-refractivity contribution in [3.63, 3.8) is 0 Å². The van der Waals surface area contributed by atoms with Crippen molar-refractivity contribution in [2.24, 2.45) is 0 Å². The predicted octanol–water partition coefficient (Wildman–Crippen LogP) is 1.53. The Balaban J connectivity index is 2.39.